The summed E-state index contributed by atoms with van der Waals surface area (Å²) in [6.07, 6.45) is 1.49. The van der Waals surface area contributed by atoms with Crippen LogP contribution in [-0.2, 0) is 0 Å². The second-order valence-corrected chi connectivity index (χ2v) is 2.15. The molecule has 4 heteroatoms. The normalized spacial score (nSPS) is 9.27. The van der Waals surface area contributed by atoms with Gasteiger partial charge < -0.3 is 15.1 Å². The van der Waals surface area contributed by atoms with Crippen molar-refractivity contribution in [2.24, 2.45) is 0 Å². The smallest absolute Gasteiger partial charge is 0.319 e. The van der Waals surface area contributed by atoms with Gasteiger partial charge in [0, 0.05) is 13.1 Å². The van der Waals surface area contributed by atoms with E-state index in [0.29, 0.717) is 5.69 Å². The van der Waals surface area contributed by atoms with Gasteiger partial charge in [-0.1, -0.05) is 0 Å². The van der Waals surface area contributed by atoms with Gasteiger partial charge in [0.25, 0.3) is 0 Å². The molecular formula is C7H10N2O2. The van der Waals surface area contributed by atoms with Crippen molar-refractivity contribution in [2.75, 3.05) is 12.4 Å². The summed E-state index contributed by atoms with van der Waals surface area (Å²) in [6, 6.07) is 1.50. The number of aryl methyl sites for hydroxylation is 1. The first kappa shape index (κ1) is 7.65. The molecule has 60 valence electrons. The summed E-state index contributed by atoms with van der Waals surface area (Å²) in [7, 11) is 1.56. The van der Waals surface area contributed by atoms with E-state index in [-0.39, 0.29) is 6.03 Å². The van der Waals surface area contributed by atoms with Crippen LogP contribution in [0, 0.1) is 6.92 Å². The molecule has 0 radical (unpaired) electrons. The van der Waals surface area contributed by atoms with Crippen molar-refractivity contribution >= 4 is 11.7 Å². The summed E-state index contributed by atoms with van der Waals surface area (Å²) in [6.45, 7) is 1.81. The van der Waals surface area contributed by atoms with Crippen molar-refractivity contribution < 1.29 is 9.21 Å². The molecule has 4 nitrogen and oxygen atoms in total. The minimum absolute atomic E-state index is 0.245. The fourth-order valence-corrected chi connectivity index (χ4v) is 0.703. The lowest BCUT2D eigenvalue weighted by atomic mass is 10.4. The van der Waals surface area contributed by atoms with Crippen molar-refractivity contribution in [3.63, 3.8) is 0 Å². The standard InChI is InChI=1S/C7H10N2O2/c1-5-3-6(4-11-5)9-7(10)8-2/h3-4H,1-2H3,(H2,8,9,10). The topological polar surface area (TPSA) is 54.3 Å². The van der Waals surface area contributed by atoms with Crippen LogP contribution in [0.5, 0.6) is 0 Å². The van der Waals surface area contributed by atoms with Gasteiger partial charge in [0.1, 0.15) is 12.0 Å². The molecule has 0 spiro atoms. The summed E-state index contributed by atoms with van der Waals surface area (Å²) in [5, 5.41) is 5.00. The highest BCUT2D eigenvalue weighted by Crippen LogP contribution is 2.10. The van der Waals surface area contributed by atoms with Crippen LogP contribution in [0.15, 0.2) is 16.7 Å². The third-order valence-corrected chi connectivity index (χ3v) is 1.22. The minimum atomic E-state index is -0.245. The number of hydrogen-bond acceptors (Lipinski definition) is 2. The van der Waals surface area contributed by atoms with Crippen LogP contribution in [0.25, 0.3) is 0 Å². The molecule has 0 aromatic carbocycles. The molecule has 1 rings (SSSR count). The van der Waals surface area contributed by atoms with Gasteiger partial charge in [-0.25, -0.2) is 4.79 Å². The highest BCUT2D eigenvalue weighted by Gasteiger charge is 1.99. The summed E-state index contributed by atoms with van der Waals surface area (Å²) in [5.41, 5.74) is 0.668. The highest BCUT2D eigenvalue weighted by atomic mass is 16.3. The Hall–Kier alpha value is -1.45. The Labute approximate surface area is 64.6 Å². The van der Waals surface area contributed by atoms with Gasteiger partial charge in [-0.15, -0.1) is 0 Å². The molecule has 11 heavy (non-hydrogen) atoms. The first-order chi connectivity index (χ1) is 5.22. The molecule has 2 amide bonds. The summed E-state index contributed by atoms with van der Waals surface area (Å²) in [4.78, 5) is 10.7. The average molecular weight is 154 g/mol. The van der Waals surface area contributed by atoms with Gasteiger partial charge in [0.15, 0.2) is 0 Å². The first-order valence-electron chi connectivity index (χ1n) is 3.26. The molecule has 0 aliphatic carbocycles. The molecule has 1 aromatic heterocycles. The van der Waals surface area contributed by atoms with Gasteiger partial charge in [-0.3, -0.25) is 0 Å². The fourth-order valence-electron chi connectivity index (χ4n) is 0.703. The third kappa shape index (κ3) is 2.00. The number of furan rings is 1. The van der Waals surface area contributed by atoms with Crippen molar-refractivity contribution in [2.45, 2.75) is 6.92 Å². The van der Waals surface area contributed by atoms with Crippen LogP contribution in [-0.4, -0.2) is 13.1 Å². The third-order valence-electron chi connectivity index (χ3n) is 1.22. The Morgan fingerprint density at radius 1 is 1.64 bits per heavy atom. The maximum Gasteiger partial charge on any atom is 0.319 e. The number of amides is 2. The van der Waals surface area contributed by atoms with Crippen LogP contribution in [0.2, 0.25) is 0 Å². The van der Waals surface area contributed by atoms with Crippen LogP contribution in [0.3, 0.4) is 0 Å². The Morgan fingerprint density at radius 3 is 2.82 bits per heavy atom. The maximum absolute atomic E-state index is 10.7. The van der Waals surface area contributed by atoms with E-state index in [9.17, 15) is 4.79 Å². The van der Waals surface area contributed by atoms with E-state index in [4.69, 9.17) is 4.42 Å². The van der Waals surface area contributed by atoms with Crippen LogP contribution < -0.4 is 10.6 Å². The van der Waals surface area contributed by atoms with E-state index in [0.717, 1.165) is 5.76 Å². The molecule has 0 aliphatic heterocycles. The van der Waals surface area contributed by atoms with Crippen LogP contribution in [0.4, 0.5) is 10.5 Å². The van der Waals surface area contributed by atoms with E-state index in [1.165, 1.54) is 6.26 Å². The number of anilines is 1. The van der Waals surface area contributed by atoms with E-state index in [2.05, 4.69) is 10.6 Å². The van der Waals surface area contributed by atoms with Gasteiger partial charge >= 0.3 is 6.03 Å². The van der Waals surface area contributed by atoms with E-state index in [1.54, 1.807) is 13.1 Å². The second kappa shape index (κ2) is 3.09. The van der Waals surface area contributed by atoms with E-state index in [1.807, 2.05) is 6.92 Å². The van der Waals surface area contributed by atoms with Crippen molar-refractivity contribution in [3.8, 4) is 0 Å². The zero-order chi connectivity index (χ0) is 8.27. The lowest BCUT2D eigenvalue weighted by Gasteiger charge is -1.97. The second-order valence-electron chi connectivity index (χ2n) is 2.15. The van der Waals surface area contributed by atoms with Crippen LogP contribution >= 0.6 is 0 Å². The average Bonchev–Trinajstić information content (AvgIpc) is 2.35. The number of carbonyl (C=O) groups excluding carboxylic acids is 1. The Bertz CT molecular complexity index is 255. The van der Waals surface area contributed by atoms with Crippen molar-refractivity contribution in [1.29, 1.82) is 0 Å². The fraction of sp³-hybridized carbons (Fsp3) is 0.286. The molecule has 1 aromatic rings. The predicted molar refractivity (Wildman–Crippen MR) is 41.5 cm³/mol. The monoisotopic (exact) mass is 154 g/mol. The Morgan fingerprint density at radius 2 is 2.36 bits per heavy atom. The molecule has 0 saturated heterocycles. The summed E-state index contributed by atoms with van der Waals surface area (Å²) in [5.74, 6) is 0.774. The zero-order valence-electron chi connectivity index (χ0n) is 6.47. The van der Waals surface area contributed by atoms with E-state index >= 15 is 0 Å². The first-order valence-corrected chi connectivity index (χ1v) is 3.26. The number of hydrogen-bond donors (Lipinski definition) is 2. The number of rotatable bonds is 1. The highest BCUT2D eigenvalue weighted by molar-refractivity contribution is 5.88. The number of nitrogens with one attached hydrogen (secondary N) is 2. The molecule has 1 heterocycles. The summed E-state index contributed by atoms with van der Waals surface area (Å²) >= 11 is 0. The van der Waals surface area contributed by atoms with Crippen molar-refractivity contribution in [3.05, 3.63) is 18.1 Å². The quantitative estimate of drug-likeness (QED) is 0.641. The largest absolute Gasteiger partial charge is 0.467 e. The Kier molecular flexibility index (Phi) is 2.15. The Balaban J connectivity index is 2.57. The van der Waals surface area contributed by atoms with Crippen LogP contribution in [0.1, 0.15) is 5.76 Å². The van der Waals surface area contributed by atoms with Gasteiger partial charge in [-0.2, -0.15) is 0 Å². The maximum atomic E-state index is 10.7. The molecule has 0 bridgehead atoms. The molecular weight excluding hydrogens is 144 g/mol. The molecule has 2 N–H and O–H groups in total. The van der Waals surface area contributed by atoms with Gasteiger partial charge in [0.2, 0.25) is 0 Å². The molecule has 0 atom stereocenters. The number of urea groups is 1. The van der Waals surface area contributed by atoms with Gasteiger partial charge in [0.05, 0.1) is 5.69 Å². The van der Waals surface area contributed by atoms with Crippen molar-refractivity contribution in [1.82, 2.24) is 5.32 Å². The predicted octanol–water partition coefficient (Wildman–Crippen LogP) is 1.34. The minimum Gasteiger partial charge on any atom is -0.467 e. The summed E-state index contributed by atoms with van der Waals surface area (Å²) < 4.78 is 4.97. The molecule has 0 unspecified atom stereocenters. The lowest BCUT2D eigenvalue weighted by Crippen LogP contribution is -2.24. The zero-order valence-corrected chi connectivity index (χ0v) is 6.47. The number of carbonyl (C=O) groups is 1. The molecule has 0 aliphatic rings. The van der Waals surface area contributed by atoms with E-state index < -0.39 is 0 Å². The lowest BCUT2D eigenvalue weighted by molar-refractivity contribution is 0.254. The van der Waals surface area contributed by atoms with Gasteiger partial charge in [-0.05, 0) is 6.92 Å². The molecule has 0 fully saturated rings. The molecule has 0 saturated carbocycles. The SMILES string of the molecule is CNC(=O)Nc1coc(C)c1.